The first kappa shape index (κ1) is 14.2. The smallest absolute Gasteiger partial charge is 0.170 e. The van der Waals surface area contributed by atoms with Crippen molar-refractivity contribution in [2.24, 2.45) is 16.3 Å². The molecule has 2 fully saturated rings. The average molecular weight is 288 g/mol. The summed E-state index contributed by atoms with van der Waals surface area (Å²) in [5, 5.41) is 11.9. The highest BCUT2D eigenvalue weighted by atomic mass is 16.4. The van der Waals surface area contributed by atoms with E-state index in [0.717, 1.165) is 30.2 Å². The lowest BCUT2D eigenvalue weighted by molar-refractivity contribution is 0.226. The van der Waals surface area contributed by atoms with Crippen molar-refractivity contribution in [3.63, 3.8) is 0 Å². The Morgan fingerprint density at radius 2 is 1.90 bits per heavy atom. The molecule has 5 heteroatoms. The predicted molar refractivity (Wildman–Crippen MR) is 83.8 cm³/mol. The molecule has 1 saturated carbocycles. The summed E-state index contributed by atoms with van der Waals surface area (Å²) >= 11 is 0. The highest BCUT2D eigenvalue weighted by Crippen LogP contribution is 2.46. The summed E-state index contributed by atoms with van der Waals surface area (Å²) in [6.07, 6.45) is 8.13. The van der Waals surface area contributed by atoms with Gasteiger partial charge < -0.3 is 15.8 Å². The number of hydrogen-bond donors (Lipinski definition) is 2. The van der Waals surface area contributed by atoms with Crippen LogP contribution in [-0.2, 0) is 0 Å². The average Bonchev–Trinajstić information content (AvgIpc) is 2.94. The van der Waals surface area contributed by atoms with E-state index in [0.29, 0.717) is 5.41 Å². The molecule has 0 radical (unpaired) electrons. The Hall–Kier alpha value is -1.78. The topological polar surface area (TPSA) is 74.7 Å². The van der Waals surface area contributed by atoms with Crippen LogP contribution in [0.3, 0.4) is 0 Å². The summed E-state index contributed by atoms with van der Waals surface area (Å²) in [5.41, 5.74) is 7.95. The van der Waals surface area contributed by atoms with Crippen LogP contribution in [0.4, 0.5) is 5.82 Å². The van der Waals surface area contributed by atoms with Gasteiger partial charge in [0.1, 0.15) is 5.82 Å². The third kappa shape index (κ3) is 2.82. The largest absolute Gasteiger partial charge is 0.409 e. The molecule has 1 saturated heterocycles. The van der Waals surface area contributed by atoms with Crippen molar-refractivity contribution >= 4 is 11.7 Å². The molecule has 5 nitrogen and oxygen atoms in total. The van der Waals surface area contributed by atoms with Crippen LogP contribution in [-0.4, -0.2) is 29.1 Å². The first-order valence-electron chi connectivity index (χ1n) is 7.83. The van der Waals surface area contributed by atoms with E-state index >= 15 is 0 Å². The van der Waals surface area contributed by atoms with Crippen molar-refractivity contribution in [2.75, 3.05) is 18.0 Å². The Morgan fingerprint density at radius 3 is 2.52 bits per heavy atom. The lowest BCUT2D eigenvalue weighted by atomic mass is 9.77. The number of anilines is 1. The minimum atomic E-state index is 0.144. The van der Waals surface area contributed by atoms with Crippen molar-refractivity contribution in [1.82, 2.24) is 4.98 Å². The van der Waals surface area contributed by atoms with Crippen LogP contribution in [0, 0.1) is 12.3 Å². The van der Waals surface area contributed by atoms with Crippen LogP contribution in [0.25, 0.3) is 0 Å². The fraction of sp³-hybridized carbons (Fsp3) is 0.625. The van der Waals surface area contributed by atoms with Crippen molar-refractivity contribution in [1.29, 1.82) is 0 Å². The summed E-state index contributed by atoms with van der Waals surface area (Å²) < 4.78 is 0. The summed E-state index contributed by atoms with van der Waals surface area (Å²) in [6, 6.07) is 3.77. The number of hydrogen-bond acceptors (Lipinski definition) is 4. The maximum atomic E-state index is 8.85. The summed E-state index contributed by atoms with van der Waals surface area (Å²) in [4.78, 5) is 6.96. The monoisotopic (exact) mass is 288 g/mol. The van der Waals surface area contributed by atoms with Crippen LogP contribution < -0.4 is 10.6 Å². The molecule has 0 bridgehead atoms. The van der Waals surface area contributed by atoms with Gasteiger partial charge >= 0.3 is 0 Å². The molecular weight excluding hydrogens is 264 g/mol. The van der Waals surface area contributed by atoms with Crippen molar-refractivity contribution in [2.45, 2.75) is 45.4 Å². The first-order chi connectivity index (χ1) is 10.1. The molecule has 0 amide bonds. The predicted octanol–water partition coefficient (Wildman–Crippen LogP) is 2.65. The second-order valence-corrected chi connectivity index (χ2v) is 6.53. The quantitative estimate of drug-likeness (QED) is 0.380. The van der Waals surface area contributed by atoms with E-state index in [1.54, 1.807) is 0 Å². The molecule has 3 N–H and O–H groups in total. The van der Waals surface area contributed by atoms with Gasteiger partial charge in [0.25, 0.3) is 0 Å². The van der Waals surface area contributed by atoms with Crippen molar-refractivity contribution in [3.8, 4) is 0 Å². The van der Waals surface area contributed by atoms with Crippen LogP contribution >= 0.6 is 0 Å². The second kappa shape index (κ2) is 5.54. The molecule has 1 aromatic heterocycles. The van der Waals surface area contributed by atoms with E-state index in [9.17, 15) is 0 Å². The molecule has 1 aliphatic carbocycles. The molecule has 3 rings (SSSR count). The minimum Gasteiger partial charge on any atom is -0.409 e. The van der Waals surface area contributed by atoms with Crippen LogP contribution in [0.2, 0.25) is 0 Å². The van der Waals surface area contributed by atoms with Crippen LogP contribution in [0.1, 0.15) is 49.8 Å². The Balaban J connectivity index is 1.77. The molecule has 114 valence electrons. The van der Waals surface area contributed by atoms with Crippen molar-refractivity contribution in [3.05, 3.63) is 23.4 Å². The standard InChI is InChI=1S/C16H24N4O/c1-12-10-13(15(17)19-21)11-14(18-12)20-8-6-16(7-9-20)4-2-3-5-16/h10-11,21H,2-9H2,1H3,(H2,17,19). The van der Waals surface area contributed by atoms with E-state index < -0.39 is 0 Å². The normalized spacial score (nSPS) is 22.0. The zero-order valence-electron chi connectivity index (χ0n) is 12.7. The second-order valence-electron chi connectivity index (χ2n) is 6.53. The molecule has 0 aromatic carbocycles. The van der Waals surface area contributed by atoms with E-state index in [-0.39, 0.29) is 5.84 Å². The van der Waals surface area contributed by atoms with Crippen molar-refractivity contribution < 1.29 is 5.21 Å². The van der Waals surface area contributed by atoms with Gasteiger partial charge in [-0.05, 0) is 50.2 Å². The van der Waals surface area contributed by atoms with Gasteiger partial charge in [-0.25, -0.2) is 4.98 Å². The molecule has 21 heavy (non-hydrogen) atoms. The molecule has 1 aliphatic heterocycles. The number of oxime groups is 1. The molecule has 0 atom stereocenters. The zero-order valence-corrected chi connectivity index (χ0v) is 12.7. The van der Waals surface area contributed by atoms with E-state index in [1.165, 1.54) is 38.5 Å². The number of aromatic nitrogens is 1. The van der Waals surface area contributed by atoms with Crippen LogP contribution in [0.5, 0.6) is 0 Å². The number of amidine groups is 1. The van der Waals surface area contributed by atoms with Gasteiger partial charge in [0.15, 0.2) is 5.84 Å². The highest BCUT2D eigenvalue weighted by molar-refractivity contribution is 5.97. The Bertz CT molecular complexity index is 539. The van der Waals surface area contributed by atoms with E-state index in [2.05, 4.69) is 15.0 Å². The third-order valence-electron chi connectivity index (χ3n) is 5.16. The number of nitrogens with two attached hydrogens (primary N) is 1. The maximum Gasteiger partial charge on any atom is 0.170 e. The Kier molecular flexibility index (Phi) is 3.74. The summed E-state index contributed by atoms with van der Waals surface area (Å²) in [7, 11) is 0. The molecule has 1 spiro atoms. The highest BCUT2D eigenvalue weighted by Gasteiger charge is 2.37. The van der Waals surface area contributed by atoms with E-state index in [1.807, 2.05) is 19.1 Å². The summed E-state index contributed by atoms with van der Waals surface area (Å²) in [5.74, 6) is 1.09. The fourth-order valence-corrected chi connectivity index (χ4v) is 3.85. The molecule has 2 heterocycles. The number of rotatable bonds is 2. The maximum absolute atomic E-state index is 8.85. The number of nitrogens with zero attached hydrogens (tertiary/aromatic N) is 3. The fourth-order valence-electron chi connectivity index (χ4n) is 3.85. The number of pyridine rings is 1. The van der Waals surface area contributed by atoms with Gasteiger partial charge in [-0.3, -0.25) is 0 Å². The molecule has 1 aromatic rings. The van der Waals surface area contributed by atoms with E-state index in [4.69, 9.17) is 10.9 Å². The molecule has 0 unspecified atom stereocenters. The van der Waals surface area contributed by atoms with Gasteiger partial charge in [0, 0.05) is 24.3 Å². The van der Waals surface area contributed by atoms with Gasteiger partial charge in [0.05, 0.1) is 0 Å². The van der Waals surface area contributed by atoms with Gasteiger partial charge in [-0.15, -0.1) is 0 Å². The Morgan fingerprint density at radius 1 is 1.24 bits per heavy atom. The number of piperidine rings is 1. The minimum absolute atomic E-state index is 0.144. The molecular formula is C16H24N4O. The lowest BCUT2D eigenvalue weighted by Gasteiger charge is -2.40. The number of aryl methyl sites for hydroxylation is 1. The zero-order chi connectivity index (χ0) is 14.9. The summed E-state index contributed by atoms with van der Waals surface area (Å²) in [6.45, 7) is 4.07. The first-order valence-corrected chi connectivity index (χ1v) is 7.83. The third-order valence-corrected chi connectivity index (χ3v) is 5.16. The van der Waals surface area contributed by atoms with Gasteiger partial charge in [-0.2, -0.15) is 0 Å². The Labute approximate surface area is 125 Å². The van der Waals surface area contributed by atoms with Gasteiger partial charge in [-0.1, -0.05) is 18.0 Å². The SMILES string of the molecule is Cc1cc(/C(N)=N/O)cc(N2CCC3(CCCC3)CC2)n1. The lowest BCUT2D eigenvalue weighted by Crippen LogP contribution is -2.39. The molecule has 2 aliphatic rings. The van der Waals surface area contributed by atoms with Gasteiger partial charge in [0.2, 0.25) is 0 Å². The van der Waals surface area contributed by atoms with Crippen LogP contribution in [0.15, 0.2) is 17.3 Å².